The van der Waals surface area contributed by atoms with Crippen LogP contribution in [0.4, 0.5) is 0 Å². The molecule has 0 saturated carbocycles. The van der Waals surface area contributed by atoms with Gasteiger partial charge in [0, 0.05) is 5.56 Å². The maximum atomic E-state index is 10.2. The van der Waals surface area contributed by atoms with Gasteiger partial charge >= 0.3 is 0 Å². The predicted molar refractivity (Wildman–Crippen MR) is 73.3 cm³/mol. The van der Waals surface area contributed by atoms with Gasteiger partial charge in [-0.3, -0.25) is 0 Å². The van der Waals surface area contributed by atoms with Crippen LogP contribution in [0.3, 0.4) is 0 Å². The first-order valence-electron chi connectivity index (χ1n) is 6.48. The van der Waals surface area contributed by atoms with E-state index < -0.39 is 0 Å². The molecule has 0 radical (unpaired) electrons. The Morgan fingerprint density at radius 3 is 2.72 bits per heavy atom. The second-order valence-corrected chi connectivity index (χ2v) is 4.75. The Labute approximate surface area is 108 Å². The number of rotatable bonds is 4. The van der Waals surface area contributed by atoms with E-state index >= 15 is 0 Å². The van der Waals surface area contributed by atoms with Crippen molar-refractivity contribution in [1.82, 2.24) is 9.78 Å². The lowest BCUT2D eigenvalue weighted by atomic mass is 10.1. The molecule has 2 aromatic rings. The largest absolute Gasteiger partial charge is 0.493 e. The first-order chi connectivity index (χ1) is 8.63. The molecule has 1 heterocycles. The minimum absolute atomic E-state index is 0.256. The summed E-state index contributed by atoms with van der Waals surface area (Å²) in [6.45, 7) is 6.13. The second-order valence-electron chi connectivity index (χ2n) is 4.75. The molecular weight excluding hydrogens is 224 g/mol. The number of nitrogens with zero attached hydrogens (tertiary/aromatic N) is 2. The number of hydrogen-bond donors (Lipinski definition) is 1. The van der Waals surface area contributed by atoms with Gasteiger partial charge in [0.1, 0.15) is 0 Å². The summed E-state index contributed by atoms with van der Waals surface area (Å²) in [5.74, 6) is 0.256. The van der Waals surface area contributed by atoms with Crippen molar-refractivity contribution in [3.05, 3.63) is 41.1 Å². The maximum absolute atomic E-state index is 10.2. The Hall–Kier alpha value is -1.77. The average molecular weight is 244 g/mol. The Morgan fingerprint density at radius 2 is 2.06 bits per heavy atom. The van der Waals surface area contributed by atoms with Gasteiger partial charge in [-0.1, -0.05) is 25.5 Å². The highest BCUT2D eigenvalue weighted by atomic mass is 16.3. The standard InChI is InChI=1S/C15H20N2O/c1-4-5-9-14-12(3)15(18)17(16-14)13-8-6-7-11(2)10-13/h6-8,10,18H,4-5,9H2,1-3H3. The molecule has 0 amide bonds. The zero-order valence-electron chi connectivity index (χ0n) is 11.3. The molecular formula is C15H20N2O. The van der Waals surface area contributed by atoms with Crippen molar-refractivity contribution >= 4 is 0 Å². The molecule has 0 bridgehead atoms. The Balaban J connectivity index is 2.39. The molecule has 96 valence electrons. The second kappa shape index (κ2) is 5.25. The van der Waals surface area contributed by atoms with Crippen LogP contribution < -0.4 is 0 Å². The summed E-state index contributed by atoms with van der Waals surface area (Å²) < 4.78 is 1.63. The van der Waals surface area contributed by atoms with Crippen LogP contribution in [0.15, 0.2) is 24.3 Å². The van der Waals surface area contributed by atoms with E-state index in [2.05, 4.69) is 12.0 Å². The summed E-state index contributed by atoms with van der Waals surface area (Å²) in [4.78, 5) is 0. The molecule has 3 heteroatoms. The van der Waals surface area contributed by atoms with Crippen LogP contribution in [-0.2, 0) is 6.42 Å². The lowest BCUT2D eigenvalue weighted by molar-refractivity contribution is 0.430. The van der Waals surface area contributed by atoms with Gasteiger partial charge in [-0.05, 0) is 44.4 Å². The van der Waals surface area contributed by atoms with E-state index in [-0.39, 0.29) is 5.88 Å². The third-order valence-corrected chi connectivity index (χ3v) is 3.20. The molecule has 3 nitrogen and oxygen atoms in total. The van der Waals surface area contributed by atoms with Gasteiger partial charge in [0.25, 0.3) is 0 Å². The molecule has 2 rings (SSSR count). The van der Waals surface area contributed by atoms with Crippen molar-refractivity contribution in [2.24, 2.45) is 0 Å². The summed E-state index contributed by atoms with van der Waals surface area (Å²) in [6, 6.07) is 8.00. The summed E-state index contributed by atoms with van der Waals surface area (Å²) in [6.07, 6.45) is 3.16. The third-order valence-electron chi connectivity index (χ3n) is 3.20. The Kier molecular flexibility index (Phi) is 3.70. The molecule has 0 spiro atoms. The van der Waals surface area contributed by atoms with Gasteiger partial charge in [0.15, 0.2) is 0 Å². The molecule has 1 N–H and O–H groups in total. The van der Waals surface area contributed by atoms with E-state index in [0.717, 1.165) is 41.8 Å². The summed E-state index contributed by atoms with van der Waals surface area (Å²) in [5, 5.41) is 14.7. The minimum Gasteiger partial charge on any atom is -0.493 e. The Bertz CT molecular complexity index is 543. The van der Waals surface area contributed by atoms with Crippen molar-refractivity contribution in [1.29, 1.82) is 0 Å². The van der Waals surface area contributed by atoms with Crippen molar-refractivity contribution < 1.29 is 5.11 Å². The van der Waals surface area contributed by atoms with E-state index in [1.807, 2.05) is 38.1 Å². The number of unbranched alkanes of at least 4 members (excludes halogenated alkanes) is 1. The van der Waals surface area contributed by atoms with Crippen LogP contribution in [0.25, 0.3) is 5.69 Å². The van der Waals surface area contributed by atoms with E-state index in [0.29, 0.717) is 0 Å². The van der Waals surface area contributed by atoms with Crippen LogP contribution in [-0.4, -0.2) is 14.9 Å². The molecule has 1 aromatic carbocycles. The molecule has 18 heavy (non-hydrogen) atoms. The van der Waals surface area contributed by atoms with Crippen LogP contribution in [0.5, 0.6) is 5.88 Å². The fourth-order valence-electron chi connectivity index (χ4n) is 2.05. The molecule has 1 aromatic heterocycles. The quantitative estimate of drug-likeness (QED) is 0.893. The van der Waals surface area contributed by atoms with Crippen molar-refractivity contribution in [2.75, 3.05) is 0 Å². The molecule has 0 fully saturated rings. The van der Waals surface area contributed by atoms with Gasteiger partial charge in [-0.15, -0.1) is 0 Å². The predicted octanol–water partition coefficient (Wildman–Crippen LogP) is 3.54. The SMILES string of the molecule is CCCCc1nn(-c2cccc(C)c2)c(O)c1C. The molecule has 0 atom stereocenters. The number of benzene rings is 1. The fraction of sp³-hybridized carbons (Fsp3) is 0.400. The zero-order valence-corrected chi connectivity index (χ0v) is 11.3. The highest BCUT2D eigenvalue weighted by Crippen LogP contribution is 2.25. The number of aromatic nitrogens is 2. The Morgan fingerprint density at radius 1 is 1.28 bits per heavy atom. The summed E-state index contributed by atoms with van der Waals surface area (Å²) >= 11 is 0. The molecule has 0 saturated heterocycles. The van der Waals surface area contributed by atoms with Crippen LogP contribution in [0.2, 0.25) is 0 Å². The van der Waals surface area contributed by atoms with E-state index in [1.165, 1.54) is 0 Å². The number of hydrogen-bond acceptors (Lipinski definition) is 2. The minimum atomic E-state index is 0.256. The van der Waals surface area contributed by atoms with Crippen molar-refractivity contribution in [3.63, 3.8) is 0 Å². The van der Waals surface area contributed by atoms with E-state index in [4.69, 9.17) is 0 Å². The maximum Gasteiger partial charge on any atom is 0.217 e. The summed E-state index contributed by atoms with van der Waals surface area (Å²) in [5.41, 5.74) is 3.97. The monoisotopic (exact) mass is 244 g/mol. The topological polar surface area (TPSA) is 38.0 Å². The lowest BCUT2D eigenvalue weighted by Crippen LogP contribution is -1.97. The number of aromatic hydroxyl groups is 1. The van der Waals surface area contributed by atoms with Crippen molar-refractivity contribution in [2.45, 2.75) is 40.0 Å². The summed E-state index contributed by atoms with van der Waals surface area (Å²) in [7, 11) is 0. The van der Waals surface area contributed by atoms with E-state index in [9.17, 15) is 5.11 Å². The number of aryl methyl sites for hydroxylation is 2. The smallest absolute Gasteiger partial charge is 0.217 e. The van der Waals surface area contributed by atoms with E-state index in [1.54, 1.807) is 4.68 Å². The molecule has 0 aliphatic heterocycles. The van der Waals surface area contributed by atoms with Gasteiger partial charge in [-0.25, -0.2) is 4.68 Å². The van der Waals surface area contributed by atoms with Gasteiger partial charge in [0.05, 0.1) is 11.4 Å². The van der Waals surface area contributed by atoms with Gasteiger partial charge < -0.3 is 5.11 Å². The lowest BCUT2D eigenvalue weighted by Gasteiger charge is -2.03. The highest BCUT2D eigenvalue weighted by molar-refractivity contribution is 5.41. The first-order valence-corrected chi connectivity index (χ1v) is 6.48. The normalized spacial score (nSPS) is 10.8. The van der Waals surface area contributed by atoms with Gasteiger partial charge in [-0.2, -0.15) is 5.10 Å². The molecule has 0 unspecified atom stereocenters. The average Bonchev–Trinajstić information content (AvgIpc) is 2.64. The first kappa shape index (κ1) is 12.7. The fourth-order valence-corrected chi connectivity index (χ4v) is 2.05. The zero-order chi connectivity index (χ0) is 13.1. The third kappa shape index (κ3) is 2.40. The van der Waals surface area contributed by atoms with Gasteiger partial charge in [0.2, 0.25) is 5.88 Å². The molecule has 0 aliphatic carbocycles. The highest BCUT2D eigenvalue weighted by Gasteiger charge is 2.14. The van der Waals surface area contributed by atoms with Crippen LogP contribution in [0, 0.1) is 13.8 Å². The van der Waals surface area contributed by atoms with Crippen LogP contribution in [0.1, 0.15) is 36.6 Å². The molecule has 0 aliphatic rings. The van der Waals surface area contributed by atoms with Crippen LogP contribution >= 0.6 is 0 Å². The van der Waals surface area contributed by atoms with Crippen molar-refractivity contribution in [3.8, 4) is 11.6 Å².